The normalized spacial score (nSPS) is 28.1. The number of nitrogens with zero attached hydrogens (tertiary/aromatic N) is 4. The number of hydrogen-bond donors (Lipinski definition) is 1. The Hall–Kier alpha value is -6.36. The molecular weight excluding hydrogens is 1200 g/mol. The number of amides is 2. The van der Waals surface area contributed by atoms with Crippen molar-refractivity contribution >= 4 is 78.4 Å². The zero-order valence-electron chi connectivity index (χ0n) is 49.8. The first-order valence-corrected chi connectivity index (χ1v) is 31.9. The number of carboxylic acid groups (broad SMARTS) is 1. The number of carbonyl (C=O) groups excluding carboxylic acids is 5. The number of methoxy groups -OCH3 is 1. The van der Waals surface area contributed by atoms with Gasteiger partial charge in [0.25, 0.3) is 10.4 Å². The van der Waals surface area contributed by atoms with Crippen molar-refractivity contribution in [2.45, 2.75) is 140 Å². The first kappa shape index (κ1) is 67.0. The summed E-state index contributed by atoms with van der Waals surface area (Å²) in [7, 11) is 1.34. The van der Waals surface area contributed by atoms with E-state index >= 15 is 0 Å². The average molecular weight is 1270 g/mol. The molecule has 89 heavy (non-hydrogen) atoms. The summed E-state index contributed by atoms with van der Waals surface area (Å²) < 4.78 is 75.1. The van der Waals surface area contributed by atoms with Gasteiger partial charge in [-0.2, -0.15) is 0 Å². The Morgan fingerprint density at radius 2 is 1.04 bits per heavy atom. The van der Waals surface area contributed by atoms with Gasteiger partial charge >= 0.3 is 41.5 Å². The molecule has 2 aliphatic carbocycles. The number of aliphatic carboxylic acids is 1. The Labute approximate surface area is 543 Å². The van der Waals surface area contributed by atoms with E-state index in [1.807, 2.05) is 66.8 Å². The smallest absolute Gasteiger partial charge is 0.870 e. The van der Waals surface area contributed by atoms with Gasteiger partial charge in [-0.3, -0.25) is 28.8 Å². The Morgan fingerprint density at radius 1 is 0.607 bits per heavy atom. The maximum Gasteiger partial charge on any atom is 1.00 e. The van der Waals surface area contributed by atoms with Gasteiger partial charge in [-0.15, -0.1) is 0 Å². The largest absolute Gasteiger partial charge is 1.00 e. The third kappa shape index (κ3) is 15.4. The van der Waals surface area contributed by atoms with Crippen LogP contribution in [-0.2, 0) is 46.3 Å². The van der Waals surface area contributed by atoms with E-state index in [1.54, 1.807) is 9.80 Å². The summed E-state index contributed by atoms with van der Waals surface area (Å²) in [6, 6.07) is 21.1. The number of Topliss-reactive ketones (excluding diaryl/α,β-unsaturated/α-hetero) is 2. The number of para-hydroxylation sites is 2. The van der Waals surface area contributed by atoms with Gasteiger partial charge in [0.15, 0.2) is 34.8 Å². The molecule has 6 aromatic rings. The molecule has 12 rings (SSSR count). The van der Waals surface area contributed by atoms with Gasteiger partial charge in [0.05, 0.1) is 63.5 Å². The van der Waals surface area contributed by atoms with Gasteiger partial charge in [0.2, 0.25) is 11.8 Å². The molecule has 0 radical (unpaired) electrons. The number of ether oxygens (including phenoxy) is 3. The molecule has 2 saturated carbocycles. The van der Waals surface area contributed by atoms with Crippen LogP contribution in [-0.4, -0.2) is 110 Å². The van der Waals surface area contributed by atoms with Crippen LogP contribution in [0.15, 0.2) is 109 Å². The number of rotatable bonds is 10. The fraction of sp³-hybridized carbons (Fsp3) is 0.463. The number of fused-ring (bicyclic) bond motifs is 6. The molecule has 0 bridgehead atoms. The molecule has 15 nitrogen and oxygen atoms in total. The van der Waals surface area contributed by atoms with Crippen LogP contribution in [0.1, 0.15) is 114 Å². The van der Waals surface area contributed by atoms with E-state index in [0.29, 0.717) is 47.2 Å². The molecule has 10 atom stereocenters. The number of allylic oxidation sites excluding steroid dienone is 4. The molecule has 2 N–H and O–H groups in total. The molecule has 2 aromatic heterocycles. The molecule has 6 aliphatic rings. The Kier molecular flexibility index (Phi) is 22.1. The summed E-state index contributed by atoms with van der Waals surface area (Å²) in [4.78, 5) is 94.0. The summed E-state index contributed by atoms with van der Waals surface area (Å²) in [5.41, 5.74) is 0.566. The van der Waals surface area contributed by atoms with Gasteiger partial charge < -0.3 is 34.6 Å². The standard InChI is InChI=1S/C34H36F2N2O5S.C33H34F2N2O5S.Na.H2O/c1-42-32(41)34-18-23(34)10-6-4-2-3-5-9-22(15-21-13-14-25(35)26(36)16-21)31(40)38-20-24(17-28(38)29(39)19-34)43-33-37-27-11-7-8-12-30(27)44-33;34-24-13-12-20(15-25(24)35)14-21-8-4-2-1-3-5-9-22-17-33(22,31(40)41)18-28(38)27-16-23(19-37(27)30(21)39)42-32-36-26-10-6-7-11-29(26)43-32;;/h6-8,10-14,16,22-24,28H,2-5,9,15,17-20H2,1H3;5-7,9-13,15,21-23,27H,1-4,8,14,16-19H2,(H,40,41);;1H2/q;;+1;/p-1/b10-6-;9-5-;;/t22-,23-,24-,28+,34-;21-,22-,23-,27+,33-;;/m11../s1. The van der Waals surface area contributed by atoms with Gasteiger partial charge in [-0.05, 0) is 136 Å². The number of halogens is 4. The molecule has 0 unspecified atom stereocenters. The second-order valence-electron chi connectivity index (χ2n) is 24.3. The number of aromatic nitrogens is 2. The van der Waals surface area contributed by atoms with Gasteiger partial charge in [-0.25, -0.2) is 27.5 Å². The Balaban J connectivity index is 0.000000207. The summed E-state index contributed by atoms with van der Waals surface area (Å²) in [6.45, 7) is 0.344. The number of thiazole rings is 2. The van der Waals surface area contributed by atoms with Crippen LogP contribution >= 0.6 is 22.7 Å². The van der Waals surface area contributed by atoms with E-state index in [4.69, 9.17) is 14.2 Å². The zero-order valence-corrected chi connectivity index (χ0v) is 53.5. The molecule has 4 aromatic carbocycles. The van der Waals surface area contributed by atoms with Crippen molar-refractivity contribution in [3.8, 4) is 10.4 Å². The van der Waals surface area contributed by atoms with Crippen LogP contribution in [0, 0.1) is 57.8 Å². The van der Waals surface area contributed by atoms with Crippen LogP contribution in [0.25, 0.3) is 20.4 Å². The third-order valence-corrected chi connectivity index (χ3v) is 20.3. The minimum Gasteiger partial charge on any atom is -0.870 e. The fourth-order valence-electron chi connectivity index (χ4n) is 13.4. The second-order valence-corrected chi connectivity index (χ2v) is 26.3. The molecule has 2 saturated heterocycles. The van der Waals surface area contributed by atoms with E-state index in [9.17, 15) is 51.4 Å². The van der Waals surface area contributed by atoms with Crippen LogP contribution in [0.2, 0.25) is 0 Å². The first-order chi connectivity index (χ1) is 42.0. The summed E-state index contributed by atoms with van der Waals surface area (Å²) in [5.74, 6) is -7.51. The summed E-state index contributed by atoms with van der Waals surface area (Å²) in [6.07, 6.45) is 16.6. The van der Waals surface area contributed by atoms with Crippen molar-refractivity contribution in [1.82, 2.24) is 19.8 Å². The third-order valence-electron chi connectivity index (χ3n) is 18.4. The molecule has 4 fully saturated rings. The molecule has 2 amide bonds. The number of ketones is 2. The van der Waals surface area contributed by atoms with Crippen molar-refractivity contribution in [3.63, 3.8) is 0 Å². The average Bonchev–Trinajstić information content (AvgIpc) is 1.68. The predicted octanol–water partition coefficient (Wildman–Crippen LogP) is 9.62. The first-order valence-electron chi connectivity index (χ1n) is 30.2. The molecule has 0 spiro atoms. The van der Waals surface area contributed by atoms with E-state index < -0.39 is 82.2 Å². The predicted molar refractivity (Wildman–Crippen MR) is 322 cm³/mol. The van der Waals surface area contributed by atoms with Crippen molar-refractivity contribution < 1.29 is 101 Å². The topological polar surface area (TPSA) is 213 Å². The van der Waals surface area contributed by atoms with Crippen molar-refractivity contribution in [2.75, 3.05) is 20.2 Å². The minimum absolute atomic E-state index is 0. The molecular formula is C67H71F4N4NaO11S2. The molecule has 22 heteroatoms. The van der Waals surface area contributed by atoms with E-state index in [0.717, 1.165) is 96.1 Å². The minimum atomic E-state index is -1.15. The van der Waals surface area contributed by atoms with Crippen LogP contribution < -0.4 is 39.0 Å². The van der Waals surface area contributed by atoms with Gasteiger partial charge in [0.1, 0.15) is 12.2 Å². The number of carboxylic acids is 1. The zero-order chi connectivity index (χ0) is 61.0. The summed E-state index contributed by atoms with van der Waals surface area (Å²) >= 11 is 2.80. The van der Waals surface area contributed by atoms with Gasteiger partial charge in [-0.1, -0.05) is 109 Å². The van der Waals surface area contributed by atoms with Crippen molar-refractivity contribution in [3.05, 3.63) is 144 Å². The molecule has 4 aliphatic heterocycles. The van der Waals surface area contributed by atoms with Gasteiger partial charge in [0, 0.05) is 37.5 Å². The Bertz CT molecular complexity index is 3570. The number of benzene rings is 4. The van der Waals surface area contributed by atoms with E-state index in [2.05, 4.69) is 16.0 Å². The molecule has 466 valence electrons. The Morgan fingerprint density at radius 3 is 1.48 bits per heavy atom. The van der Waals surface area contributed by atoms with Crippen LogP contribution in [0.5, 0.6) is 10.4 Å². The summed E-state index contributed by atoms with van der Waals surface area (Å²) in [5, 5.41) is 11.0. The number of hydrogen-bond acceptors (Lipinski definition) is 14. The number of esters is 1. The van der Waals surface area contributed by atoms with Crippen LogP contribution in [0.3, 0.4) is 0 Å². The van der Waals surface area contributed by atoms with Crippen LogP contribution in [0.4, 0.5) is 17.6 Å². The monoisotopic (exact) mass is 1270 g/mol. The van der Waals surface area contributed by atoms with E-state index in [1.165, 1.54) is 41.9 Å². The second kappa shape index (κ2) is 29.3. The number of carbonyl (C=O) groups is 6. The molecule has 6 heterocycles. The van der Waals surface area contributed by atoms with E-state index in [-0.39, 0.29) is 122 Å². The SMILES string of the molecule is COC(=O)[C@]12CC(=O)[C@@H]3C[C@@H](Oc4nc5ccccc5s4)CN3C(=O)[C@@H](Cc3ccc(F)c(F)c3)CCCCC/C=C\[C@@H]1C2.O=C1C[C@]2(C(=O)O)C[C@H]2/C=C\CCCCC[C@H](Cc2ccc(F)c(F)c2)C(=O)N2C[C@H](Oc3nc4ccccc4s3)C[C@@H]12.[Na+].[OH-]. The van der Waals surface area contributed by atoms with Crippen molar-refractivity contribution in [2.24, 2.45) is 34.5 Å². The fourth-order valence-corrected chi connectivity index (χ4v) is 15.2. The van der Waals surface area contributed by atoms with Crippen molar-refractivity contribution in [1.29, 1.82) is 0 Å². The maximum atomic E-state index is 14.3. The maximum absolute atomic E-state index is 14.3. The quantitative estimate of drug-likeness (QED) is 0.0586.